The lowest BCUT2D eigenvalue weighted by molar-refractivity contribution is 0.829. The molecule has 0 saturated carbocycles. The summed E-state index contributed by atoms with van der Waals surface area (Å²) in [5.41, 5.74) is 6.88. The Morgan fingerprint density at radius 3 is 2.65 bits per heavy atom. The molecule has 0 aliphatic rings. The number of hydrazine groups is 1. The summed E-state index contributed by atoms with van der Waals surface area (Å²) in [6.45, 7) is 6.32. The number of rotatable bonds is 2. The van der Waals surface area contributed by atoms with E-state index in [9.17, 15) is 0 Å². The fraction of sp³-hybridized carbons (Fsp3) is 0.308. The predicted molar refractivity (Wildman–Crippen MR) is 76.1 cm³/mol. The predicted octanol–water partition coefficient (Wildman–Crippen LogP) is 3.71. The third-order valence-corrected chi connectivity index (χ3v) is 3.54. The Morgan fingerprint density at radius 2 is 2.06 bits per heavy atom. The quantitative estimate of drug-likeness (QED) is 0.655. The van der Waals surface area contributed by atoms with Crippen molar-refractivity contribution < 1.29 is 0 Å². The summed E-state index contributed by atoms with van der Waals surface area (Å²) >= 11 is 3.55. The van der Waals surface area contributed by atoms with Gasteiger partial charge in [0.05, 0.1) is 11.2 Å². The summed E-state index contributed by atoms with van der Waals surface area (Å²) in [4.78, 5) is 4.72. The van der Waals surface area contributed by atoms with E-state index in [2.05, 4.69) is 48.2 Å². The van der Waals surface area contributed by atoms with E-state index in [0.717, 1.165) is 32.3 Å². The normalized spacial score (nSPS) is 11.2. The van der Waals surface area contributed by atoms with Crippen LogP contribution in [0, 0.1) is 6.92 Å². The highest BCUT2D eigenvalue weighted by Gasteiger charge is 2.11. The van der Waals surface area contributed by atoms with Crippen molar-refractivity contribution in [3.8, 4) is 0 Å². The molecule has 3 nitrogen and oxygen atoms in total. The second-order valence-electron chi connectivity index (χ2n) is 4.48. The van der Waals surface area contributed by atoms with Crippen LogP contribution >= 0.6 is 15.9 Å². The fourth-order valence-electron chi connectivity index (χ4n) is 1.86. The highest BCUT2D eigenvalue weighted by atomic mass is 79.9. The van der Waals surface area contributed by atoms with Gasteiger partial charge in [0.1, 0.15) is 0 Å². The van der Waals surface area contributed by atoms with E-state index in [1.54, 1.807) is 0 Å². The molecule has 0 spiro atoms. The molecular formula is C13H16BrN3. The molecule has 0 aliphatic carbocycles. The number of anilines is 1. The van der Waals surface area contributed by atoms with Crippen molar-refractivity contribution in [2.75, 3.05) is 5.43 Å². The Labute approximate surface area is 110 Å². The van der Waals surface area contributed by atoms with Crippen LogP contribution in [0.2, 0.25) is 0 Å². The molecule has 4 heteroatoms. The Morgan fingerprint density at radius 1 is 1.35 bits per heavy atom. The molecule has 1 aromatic carbocycles. The number of fused-ring (bicyclic) bond motifs is 1. The Bertz CT molecular complexity index is 564. The van der Waals surface area contributed by atoms with E-state index in [4.69, 9.17) is 10.8 Å². The van der Waals surface area contributed by atoms with Crippen LogP contribution < -0.4 is 11.3 Å². The van der Waals surface area contributed by atoms with Gasteiger partial charge in [-0.2, -0.15) is 0 Å². The van der Waals surface area contributed by atoms with Crippen LogP contribution in [-0.4, -0.2) is 4.98 Å². The Balaban J connectivity index is 2.87. The molecule has 0 aliphatic heterocycles. The zero-order chi connectivity index (χ0) is 12.6. The second kappa shape index (κ2) is 4.63. The van der Waals surface area contributed by atoms with E-state index < -0.39 is 0 Å². The minimum Gasteiger partial charge on any atom is -0.323 e. The number of aryl methyl sites for hydroxylation is 1. The van der Waals surface area contributed by atoms with Crippen LogP contribution in [0.25, 0.3) is 10.9 Å². The fourth-order valence-corrected chi connectivity index (χ4v) is 2.40. The molecule has 2 aromatic rings. The van der Waals surface area contributed by atoms with E-state index in [-0.39, 0.29) is 0 Å². The molecule has 3 N–H and O–H groups in total. The summed E-state index contributed by atoms with van der Waals surface area (Å²) in [5.74, 6) is 5.98. The van der Waals surface area contributed by atoms with Crippen molar-refractivity contribution in [2.24, 2.45) is 5.84 Å². The van der Waals surface area contributed by atoms with Gasteiger partial charge in [0.25, 0.3) is 0 Å². The van der Waals surface area contributed by atoms with Crippen LogP contribution in [0.3, 0.4) is 0 Å². The maximum atomic E-state index is 5.61. The van der Waals surface area contributed by atoms with E-state index in [0.29, 0.717) is 5.92 Å². The summed E-state index contributed by atoms with van der Waals surface area (Å²) in [7, 11) is 0. The van der Waals surface area contributed by atoms with Gasteiger partial charge < -0.3 is 5.43 Å². The molecule has 90 valence electrons. The molecule has 0 radical (unpaired) electrons. The smallest absolute Gasteiger partial charge is 0.0767 e. The van der Waals surface area contributed by atoms with Gasteiger partial charge in [0, 0.05) is 15.6 Å². The largest absolute Gasteiger partial charge is 0.323 e. The molecule has 0 fully saturated rings. The lowest BCUT2D eigenvalue weighted by Gasteiger charge is -2.13. The number of nitrogens with zero attached hydrogens (tertiary/aromatic N) is 1. The maximum Gasteiger partial charge on any atom is 0.0767 e. The van der Waals surface area contributed by atoms with Gasteiger partial charge in [-0.1, -0.05) is 35.8 Å². The monoisotopic (exact) mass is 293 g/mol. The zero-order valence-corrected chi connectivity index (χ0v) is 11.8. The van der Waals surface area contributed by atoms with Gasteiger partial charge in [-0.15, -0.1) is 0 Å². The van der Waals surface area contributed by atoms with Crippen molar-refractivity contribution in [1.82, 2.24) is 4.98 Å². The molecule has 1 aromatic heterocycles. The molecule has 0 amide bonds. The highest BCUT2D eigenvalue weighted by Crippen LogP contribution is 2.33. The molecule has 2 rings (SSSR count). The van der Waals surface area contributed by atoms with Crippen molar-refractivity contribution in [2.45, 2.75) is 26.7 Å². The van der Waals surface area contributed by atoms with Crippen LogP contribution in [0.15, 0.2) is 22.7 Å². The van der Waals surface area contributed by atoms with Gasteiger partial charge >= 0.3 is 0 Å². The summed E-state index contributed by atoms with van der Waals surface area (Å²) in [6, 6.07) is 6.09. The summed E-state index contributed by atoms with van der Waals surface area (Å²) in [5, 5.41) is 1.04. The Kier molecular flexibility index (Phi) is 3.35. The number of aromatic nitrogens is 1. The zero-order valence-electron chi connectivity index (χ0n) is 10.2. The standard InChI is InChI=1S/C13H16BrN3/c1-7(2)10-6-11(17-15)12-9(14)5-4-8(3)13(12)16-10/h4-7H,15H2,1-3H3,(H,16,17). The molecule has 0 saturated heterocycles. The first kappa shape index (κ1) is 12.3. The average molecular weight is 294 g/mol. The molecular weight excluding hydrogens is 278 g/mol. The number of pyridine rings is 1. The average Bonchev–Trinajstić information content (AvgIpc) is 2.32. The Hall–Kier alpha value is -1.13. The lowest BCUT2D eigenvalue weighted by atomic mass is 10.0. The highest BCUT2D eigenvalue weighted by molar-refractivity contribution is 9.10. The minimum absolute atomic E-state index is 0.380. The van der Waals surface area contributed by atoms with Gasteiger partial charge in [-0.3, -0.25) is 10.8 Å². The van der Waals surface area contributed by atoms with Crippen LogP contribution in [0.4, 0.5) is 5.69 Å². The molecule has 17 heavy (non-hydrogen) atoms. The number of hydrogen-bond donors (Lipinski definition) is 2. The van der Waals surface area contributed by atoms with E-state index in [1.807, 2.05) is 12.1 Å². The first-order valence-electron chi connectivity index (χ1n) is 5.61. The van der Waals surface area contributed by atoms with Gasteiger partial charge in [0.15, 0.2) is 0 Å². The third-order valence-electron chi connectivity index (χ3n) is 2.88. The number of hydrogen-bond acceptors (Lipinski definition) is 3. The van der Waals surface area contributed by atoms with E-state index >= 15 is 0 Å². The lowest BCUT2D eigenvalue weighted by Crippen LogP contribution is -2.09. The van der Waals surface area contributed by atoms with Crippen LogP contribution in [0.1, 0.15) is 31.0 Å². The number of nitrogen functional groups attached to an aromatic ring is 1. The number of halogens is 1. The molecule has 0 bridgehead atoms. The van der Waals surface area contributed by atoms with Gasteiger partial charge in [0.2, 0.25) is 0 Å². The second-order valence-corrected chi connectivity index (χ2v) is 5.34. The first-order valence-corrected chi connectivity index (χ1v) is 6.40. The summed E-state index contributed by atoms with van der Waals surface area (Å²) < 4.78 is 1.01. The molecule has 1 heterocycles. The van der Waals surface area contributed by atoms with Crippen molar-refractivity contribution >= 4 is 32.5 Å². The van der Waals surface area contributed by atoms with Crippen LogP contribution in [0.5, 0.6) is 0 Å². The number of benzene rings is 1. The van der Waals surface area contributed by atoms with Gasteiger partial charge in [-0.25, -0.2) is 0 Å². The SMILES string of the molecule is Cc1ccc(Br)c2c(NN)cc(C(C)C)nc12. The van der Waals surface area contributed by atoms with Crippen molar-refractivity contribution in [1.29, 1.82) is 0 Å². The van der Waals surface area contributed by atoms with Crippen molar-refractivity contribution in [3.05, 3.63) is 33.9 Å². The molecule has 0 atom stereocenters. The van der Waals surface area contributed by atoms with Gasteiger partial charge in [-0.05, 0) is 30.5 Å². The van der Waals surface area contributed by atoms with Crippen molar-refractivity contribution in [3.63, 3.8) is 0 Å². The molecule has 0 unspecified atom stereocenters. The third kappa shape index (κ3) is 2.15. The summed E-state index contributed by atoms with van der Waals surface area (Å²) in [6.07, 6.45) is 0. The number of nitrogens with one attached hydrogen (secondary N) is 1. The minimum atomic E-state index is 0.380. The topological polar surface area (TPSA) is 50.9 Å². The van der Waals surface area contributed by atoms with E-state index in [1.165, 1.54) is 0 Å². The maximum absolute atomic E-state index is 5.61. The van der Waals surface area contributed by atoms with Crippen LogP contribution in [-0.2, 0) is 0 Å². The number of nitrogens with two attached hydrogens (primary N) is 1. The first-order chi connectivity index (χ1) is 8.04.